The van der Waals surface area contributed by atoms with Crippen molar-refractivity contribution in [3.8, 4) is 0 Å². The normalized spacial score (nSPS) is 26.4. The number of piperidine rings is 1. The standard InChI is InChI=1S/C10H22N2O2/c1-2-9-5-3-4-6-12(9)7-10(13)8-14-11/h9-10,13H,2-8,11H2,1H3. The van der Waals surface area contributed by atoms with Crippen LogP contribution in [0, 0.1) is 0 Å². The van der Waals surface area contributed by atoms with Gasteiger partial charge in [0, 0.05) is 12.6 Å². The van der Waals surface area contributed by atoms with Crippen LogP contribution in [-0.2, 0) is 4.84 Å². The topological polar surface area (TPSA) is 58.7 Å². The maximum Gasteiger partial charge on any atom is 0.0951 e. The molecule has 1 saturated heterocycles. The molecule has 84 valence electrons. The van der Waals surface area contributed by atoms with Gasteiger partial charge in [0.15, 0.2) is 0 Å². The van der Waals surface area contributed by atoms with E-state index < -0.39 is 6.10 Å². The molecule has 0 aromatic carbocycles. The van der Waals surface area contributed by atoms with Crippen molar-refractivity contribution in [1.82, 2.24) is 4.90 Å². The summed E-state index contributed by atoms with van der Waals surface area (Å²) in [7, 11) is 0. The lowest BCUT2D eigenvalue weighted by Gasteiger charge is -2.36. The van der Waals surface area contributed by atoms with E-state index in [1.165, 1.54) is 19.3 Å². The van der Waals surface area contributed by atoms with E-state index in [-0.39, 0.29) is 6.61 Å². The highest BCUT2D eigenvalue weighted by Crippen LogP contribution is 2.19. The van der Waals surface area contributed by atoms with Crippen molar-refractivity contribution in [3.05, 3.63) is 0 Å². The van der Waals surface area contributed by atoms with Gasteiger partial charge in [-0.3, -0.25) is 4.90 Å². The Morgan fingerprint density at radius 2 is 2.36 bits per heavy atom. The lowest BCUT2D eigenvalue weighted by Crippen LogP contribution is -2.44. The van der Waals surface area contributed by atoms with Gasteiger partial charge in [-0.25, -0.2) is 5.90 Å². The molecular formula is C10H22N2O2. The fourth-order valence-electron chi connectivity index (χ4n) is 2.20. The number of aliphatic hydroxyl groups is 1. The average Bonchev–Trinajstić information content (AvgIpc) is 2.19. The van der Waals surface area contributed by atoms with Crippen LogP contribution in [0.15, 0.2) is 0 Å². The monoisotopic (exact) mass is 202 g/mol. The minimum absolute atomic E-state index is 0.229. The molecule has 4 nitrogen and oxygen atoms in total. The third-order valence-electron chi connectivity index (χ3n) is 2.95. The molecule has 0 amide bonds. The van der Waals surface area contributed by atoms with Crippen molar-refractivity contribution in [2.75, 3.05) is 19.7 Å². The van der Waals surface area contributed by atoms with Gasteiger partial charge in [-0.05, 0) is 25.8 Å². The number of nitrogens with two attached hydrogens (primary N) is 1. The first kappa shape index (κ1) is 11.9. The molecule has 0 saturated carbocycles. The van der Waals surface area contributed by atoms with Crippen LogP contribution in [0.3, 0.4) is 0 Å². The maximum atomic E-state index is 9.57. The fourth-order valence-corrected chi connectivity index (χ4v) is 2.20. The first-order valence-electron chi connectivity index (χ1n) is 5.51. The number of aliphatic hydroxyl groups excluding tert-OH is 1. The van der Waals surface area contributed by atoms with Crippen LogP contribution in [0.4, 0.5) is 0 Å². The van der Waals surface area contributed by atoms with Gasteiger partial charge in [-0.15, -0.1) is 0 Å². The van der Waals surface area contributed by atoms with Crippen molar-refractivity contribution in [3.63, 3.8) is 0 Å². The number of β-amino-alcohol motifs (C(OH)–C–C–N with tert-alkyl or cyclic N) is 1. The highest BCUT2D eigenvalue weighted by Gasteiger charge is 2.22. The minimum Gasteiger partial charge on any atom is -0.389 e. The lowest BCUT2D eigenvalue weighted by atomic mass is 10.00. The highest BCUT2D eigenvalue weighted by molar-refractivity contribution is 4.77. The average molecular weight is 202 g/mol. The number of likely N-dealkylation sites (tertiary alicyclic amines) is 1. The molecule has 0 aromatic heterocycles. The van der Waals surface area contributed by atoms with Crippen molar-refractivity contribution < 1.29 is 9.94 Å². The Kier molecular flexibility index (Phi) is 5.40. The Balaban J connectivity index is 2.32. The molecule has 0 radical (unpaired) electrons. The van der Waals surface area contributed by atoms with Crippen molar-refractivity contribution in [2.24, 2.45) is 5.90 Å². The van der Waals surface area contributed by atoms with Crippen LogP contribution in [0.5, 0.6) is 0 Å². The van der Waals surface area contributed by atoms with Gasteiger partial charge in [0.25, 0.3) is 0 Å². The van der Waals surface area contributed by atoms with E-state index in [1.54, 1.807) is 0 Å². The largest absolute Gasteiger partial charge is 0.389 e. The lowest BCUT2D eigenvalue weighted by molar-refractivity contribution is 0.00116. The predicted molar refractivity (Wildman–Crippen MR) is 55.6 cm³/mol. The van der Waals surface area contributed by atoms with Crippen molar-refractivity contribution in [1.29, 1.82) is 0 Å². The Bertz CT molecular complexity index is 155. The number of hydrogen-bond donors (Lipinski definition) is 2. The molecule has 1 rings (SSSR count). The number of hydrogen-bond acceptors (Lipinski definition) is 4. The molecule has 0 bridgehead atoms. The Morgan fingerprint density at radius 3 is 3.00 bits per heavy atom. The molecule has 1 aliphatic heterocycles. The molecule has 0 spiro atoms. The van der Waals surface area contributed by atoms with Gasteiger partial charge >= 0.3 is 0 Å². The zero-order chi connectivity index (χ0) is 10.4. The molecule has 1 heterocycles. The molecular weight excluding hydrogens is 180 g/mol. The van der Waals surface area contributed by atoms with E-state index in [9.17, 15) is 5.11 Å². The van der Waals surface area contributed by atoms with Gasteiger partial charge in [-0.2, -0.15) is 0 Å². The third kappa shape index (κ3) is 3.53. The second-order valence-electron chi connectivity index (χ2n) is 4.04. The smallest absolute Gasteiger partial charge is 0.0951 e. The second-order valence-corrected chi connectivity index (χ2v) is 4.04. The SMILES string of the molecule is CCC1CCCCN1CC(O)CON. The molecule has 2 unspecified atom stereocenters. The summed E-state index contributed by atoms with van der Waals surface area (Å²) >= 11 is 0. The summed E-state index contributed by atoms with van der Waals surface area (Å²) in [6.45, 7) is 4.22. The van der Waals surface area contributed by atoms with E-state index in [2.05, 4.69) is 16.7 Å². The first-order valence-corrected chi connectivity index (χ1v) is 5.51. The maximum absolute atomic E-state index is 9.57. The zero-order valence-electron chi connectivity index (χ0n) is 8.98. The third-order valence-corrected chi connectivity index (χ3v) is 2.95. The van der Waals surface area contributed by atoms with E-state index in [0.29, 0.717) is 12.6 Å². The van der Waals surface area contributed by atoms with Crippen molar-refractivity contribution >= 4 is 0 Å². The van der Waals surface area contributed by atoms with Crippen LogP contribution in [0.25, 0.3) is 0 Å². The molecule has 14 heavy (non-hydrogen) atoms. The molecule has 3 N–H and O–H groups in total. The van der Waals surface area contributed by atoms with E-state index in [1.807, 2.05) is 0 Å². The van der Waals surface area contributed by atoms with Crippen LogP contribution >= 0.6 is 0 Å². The number of nitrogens with zero attached hydrogens (tertiary/aromatic N) is 1. The number of rotatable bonds is 5. The summed E-state index contributed by atoms with van der Waals surface area (Å²) in [5, 5.41) is 9.57. The Labute approximate surface area is 86.0 Å². The zero-order valence-corrected chi connectivity index (χ0v) is 8.98. The fraction of sp³-hybridized carbons (Fsp3) is 1.00. The van der Waals surface area contributed by atoms with Gasteiger partial charge in [0.2, 0.25) is 0 Å². The molecule has 0 aliphatic carbocycles. The Hall–Kier alpha value is -0.160. The van der Waals surface area contributed by atoms with Gasteiger partial charge < -0.3 is 9.94 Å². The van der Waals surface area contributed by atoms with Gasteiger partial charge in [0.05, 0.1) is 12.7 Å². The van der Waals surface area contributed by atoms with E-state index in [0.717, 1.165) is 13.0 Å². The van der Waals surface area contributed by atoms with Crippen LogP contribution < -0.4 is 5.90 Å². The summed E-state index contributed by atoms with van der Waals surface area (Å²) in [6, 6.07) is 0.635. The van der Waals surface area contributed by atoms with Crippen LogP contribution in [0.1, 0.15) is 32.6 Å². The minimum atomic E-state index is -0.452. The van der Waals surface area contributed by atoms with Crippen LogP contribution in [-0.4, -0.2) is 41.8 Å². The molecule has 4 heteroatoms. The summed E-state index contributed by atoms with van der Waals surface area (Å²) in [6.07, 6.45) is 4.53. The second kappa shape index (κ2) is 6.35. The molecule has 0 aromatic rings. The van der Waals surface area contributed by atoms with E-state index >= 15 is 0 Å². The molecule has 2 atom stereocenters. The highest BCUT2D eigenvalue weighted by atomic mass is 16.6. The first-order chi connectivity index (χ1) is 6.77. The summed E-state index contributed by atoms with van der Waals surface area (Å²) in [5.74, 6) is 4.92. The van der Waals surface area contributed by atoms with Gasteiger partial charge in [-0.1, -0.05) is 13.3 Å². The van der Waals surface area contributed by atoms with Crippen LogP contribution in [0.2, 0.25) is 0 Å². The quantitative estimate of drug-likeness (QED) is 0.637. The summed E-state index contributed by atoms with van der Waals surface area (Å²) in [4.78, 5) is 6.79. The molecule has 1 aliphatic rings. The van der Waals surface area contributed by atoms with Crippen molar-refractivity contribution in [2.45, 2.75) is 44.8 Å². The van der Waals surface area contributed by atoms with E-state index in [4.69, 9.17) is 5.90 Å². The molecule has 1 fully saturated rings. The Morgan fingerprint density at radius 1 is 1.57 bits per heavy atom. The van der Waals surface area contributed by atoms with Gasteiger partial charge in [0.1, 0.15) is 0 Å². The predicted octanol–water partition coefficient (Wildman–Crippen LogP) is 0.502. The summed E-state index contributed by atoms with van der Waals surface area (Å²) in [5.41, 5.74) is 0. The summed E-state index contributed by atoms with van der Waals surface area (Å²) < 4.78 is 0.